The third kappa shape index (κ3) is 1.88. The number of rotatable bonds is 1. The van der Waals surface area contributed by atoms with E-state index in [2.05, 4.69) is 0 Å². The number of halogens is 1. The van der Waals surface area contributed by atoms with Crippen molar-refractivity contribution in [1.29, 1.82) is 0 Å². The highest BCUT2D eigenvalue weighted by molar-refractivity contribution is 5.22. The van der Waals surface area contributed by atoms with Crippen LogP contribution in [0.5, 0.6) is 0 Å². The molecule has 110 valence electrons. The Balaban J connectivity index is 1.37. The summed E-state index contributed by atoms with van der Waals surface area (Å²) >= 11 is 0. The third-order valence-corrected chi connectivity index (χ3v) is 5.16. The summed E-state index contributed by atoms with van der Waals surface area (Å²) in [6, 6.07) is 0. The Morgan fingerprint density at radius 1 is 1.15 bits per heavy atom. The van der Waals surface area contributed by atoms with Crippen LogP contribution < -0.4 is 5.73 Å². The smallest absolute Gasteiger partial charge is 0.213 e. The highest BCUT2D eigenvalue weighted by Gasteiger charge is 2.66. The fraction of sp³-hybridized carbons (Fsp3) is 0.733. The maximum absolute atomic E-state index is 13.4. The largest absolute Gasteiger partial charge is 0.306 e. The Morgan fingerprint density at radius 3 is 2.50 bits per heavy atom. The van der Waals surface area contributed by atoms with Crippen LogP contribution in [0, 0.1) is 5.41 Å². The molecule has 2 spiro atoms. The van der Waals surface area contributed by atoms with Crippen molar-refractivity contribution in [1.82, 2.24) is 5.23 Å². The fourth-order valence-electron chi connectivity index (χ4n) is 4.19. The van der Waals surface area contributed by atoms with Crippen LogP contribution in [0.2, 0.25) is 0 Å². The van der Waals surface area contributed by atoms with Crippen LogP contribution in [0.15, 0.2) is 24.1 Å². The standard InChI is InChI=1S/C15H21FN2O2/c16-12-5-4-8-14(17,9-12)18-19-15(20-18)10-13(11-15)6-2-1-3-7-13/h4-5,8H,1-3,6-7,9-11,17H2. The van der Waals surface area contributed by atoms with E-state index in [-0.39, 0.29) is 12.2 Å². The molecule has 4 rings (SSSR count). The number of hydrogen-bond acceptors (Lipinski definition) is 4. The molecular formula is C15H21FN2O2. The molecule has 5 heteroatoms. The van der Waals surface area contributed by atoms with Crippen LogP contribution in [0.3, 0.4) is 0 Å². The summed E-state index contributed by atoms with van der Waals surface area (Å²) in [7, 11) is 0. The number of hydrogen-bond donors (Lipinski definition) is 1. The van der Waals surface area contributed by atoms with E-state index < -0.39 is 11.4 Å². The number of hydroxylamine groups is 2. The van der Waals surface area contributed by atoms with Gasteiger partial charge in [0.1, 0.15) is 11.5 Å². The van der Waals surface area contributed by atoms with E-state index in [1.165, 1.54) is 43.4 Å². The molecule has 2 saturated carbocycles. The molecule has 0 aromatic carbocycles. The lowest BCUT2D eigenvalue weighted by Crippen LogP contribution is -2.74. The van der Waals surface area contributed by atoms with Crippen molar-refractivity contribution < 1.29 is 14.1 Å². The molecule has 1 heterocycles. The maximum atomic E-state index is 13.4. The summed E-state index contributed by atoms with van der Waals surface area (Å²) in [5.41, 5.74) is 5.55. The quantitative estimate of drug-likeness (QED) is 0.802. The Kier molecular flexibility index (Phi) is 2.68. The summed E-state index contributed by atoms with van der Waals surface area (Å²) < 4.78 is 13.4. The van der Waals surface area contributed by atoms with Gasteiger partial charge in [0.25, 0.3) is 0 Å². The topological polar surface area (TPSA) is 47.7 Å². The Morgan fingerprint density at radius 2 is 1.85 bits per heavy atom. The number of nitrogens with two attached hydrogens (primary N) is 1. The second-order valence-electron chi connectivity index (χ2n) is 6.91. The van der Waals surface area contributed by atoms with Crippen LogP contribution in [0.25, 0.3) is 0 Å². The number of nitrogens with zero attached hydrogens (tertiary/aromatic N) is 1. The van der Waals surface area contributed by atoms with Gasteiger partial charge in [0.2, 0.25) is 5.79 Å². The second kappa shape index (κ2) is 4.13. The van der Waals surface area contributed by atoms with Gasteiger partial charge >= 0.3 is 0 Å². The van der Waals surface area contributed by atoms with Gasteiger partial charge in [-0.15, -0.1) is 0 Å². The minimum atomic E-state index is -1.01. The zero-order valence-electron chi connectivity index (χ0n) is 11.6. The Hall–Kier alpha value is -0.750. The molecule has 1 saturated heterocycles. The van der Waals surface area contributed by atoms with Crippen molar-refractivity contribution in [3.63, 3.8) is 0 Å². The molecule has 0 bridgehead atoms. The van der Waals surface area contributed by atoms with E-state index in [0.29, 0.717) is 5.41 Å². The zero-order chi connectivity index (χ0) is 13.8. The molecule has 3 fully saturated rings. The normalized spacial score (nSPS) is 38.4. The molecule has 0 radical (unpaired) electrons. The van der Waals surface area contributed by atoms with E-state index in [1.807, 2.05) is 0 Å². The molecule has 0 aromatic rings. The van der Waals surface area contributed by atoms with Gasteiger partial charge in [-0.1, -0.05) is 25.3 Å². The molecule has 2 N–H and O–H groups in total. The van der Waals surface area contributed by atoms with Gasteiger partial charge in [-0.25, -0.2) is 14.1 Å². The second-order valence-corrected chi connectivity index (χ2v) is 6.91. The van der Waals surface area contributed by atoms with Crippen LogP contribution >= 0.6 is 0 Å². The van der Waals surface area contributed by atoms with E-state index in [9.17, 15) is 4.39 Å². The lowest BCUT2D eigenvalue weighted by Gasteiger charge is -2.64. The first kappa shape index (κ1) is 13.0. The van der Waals surface area contributed by atoms with Crippen molar-refractivity contribution in [2.45, 2.75) is 62.8 Å². The van der Waals surface area contributed by atoms with E-state index in [4.69, 9.17) is 15.4 Å². The minimum Gasteiger partial charge on any atom is -0.306 e. The van der Waals surface area contributed by atoms with Gasteiger partial charge in [-0.05, 0) is 35.6 Å². The molecule has 1 unspecified atom stereocenters. The van der Waals surface area contributed by atoms with Gasteiger partial charge in [-0.3, -0.25) is 0 Å². The Bertz CT molecular complexity index is 468. The molecule has 4 nitrogen and oxygen atoms in total. The zero-order valence-corrected chi connectivity index (χ0v) is 11.6. The van der Waals surface area contributed by atoms with Crippen LogP contribution in [-0.4, -0.2) is 16.7 Å². The lowest BCUT2D eigenvalue weighted by atomic mass is 9.57. The van der Waals surface area contributed by atoms with Crippen molar-refractivity contribution >= 4 is 0 Å². The van der Waals surface area contributed by atoms with Gasteiger partial charge in [-0.2, -0.15) is 0 Å². The van der Waals surface area contributed by atoms with Crippen molar-refractivity contribution in [3.8, 4) is 0 Å². The average molecular weight is 280 g/mol. The van der Waals surface area contributed by atoms with Gasteiger partial charge in [0, 0.05) is 19.3 Å². The molecule has 0 amide bonds. The van der Waals surface area contributed by atoms with Gasteiger partial charge < -0.3 is 5.73 Å². The molecular weight excluding hydrogens is 259 g/mol. The summed E-state index contributed by atoms with van der Waals surface area (Å²) in [6.45, 7) is 0. The third-order valence-electron chi connectivity index (χ3n) is 5.16. The van der Waals surface area contributed by atoms with Gasteiger partial charge in [0.15, 0.2) is 0 Å². The molecule has 20 heavy (non-hydrogen) atoms. The van der Waals surface area contributed by atoms with Gasteiger partial charge in [0.05, 0.1) is 0 Å². The summed E-state index contributed by atoms with van der Waals surface area (Å²) in [5.74, 6) is -0.727. The molecule has 1 aliphatic heterocycles. The van der Waals surface area contributed by atoms with E-state index >= 15 is 0 Å². The van der Waals surface area contributed by atoms with Crippen molar-refractivity contribution in [3.05, 3.63) is 24.1 Å². The first-order valence-corrected chi connectivity index (χ1v) is 7.55. The number of allylic oxidation sites excluding steroid dienone is 2. The monoisotopic (exact) mass is 280 g/mol. The first-order chi connectivity index (χ1) is 9.53. The van der Waals surface area contributed by atoms with E-state index in [1.54, 1.807) is 12.2 Å². The summed E-state index contributed by atoms with van der Waals surface area (Å²) in [6.07, 6.45) is 13.3. The highest BCUT2D eigenvalue weighted by Crippen LogP contribution is 2.62. The first-order valence-electron chi connectivity index (χ1n) is 7.55. The van der Waals surface area contributed by atoms with E-state index in [0.717, 1.165) is 12.8 Å². The SMILES string of the molecule is NC1(N2OC3(CC4(CCCCC4)C3)O2)C=CC=C(F)C1. The predicted molar refractivity (Wildman–Crippen MR) is 71.4 cm³/mol. The summed E-state index contributed by atoms with van der Waals surface area (Å²) in [4.78, 5) is 11.6. The lowest BCUT2D eigenvalue weighted by molar-refractivity contribution is -0.660. The van der Waals surface area contributed by atoms with Crippen molar-refractivity contribution in [2.75, 3.05) is 0 Å². The van der Waals surface area contributed by atoms with Crippen LogP contribution in [0.4, 0.5) is 4.39 Å². The maximum Gasteiger partial charge on any atom is 0.213 e. The molecule has 3 aliphatic carbocycles. The van der Waals surface area contributed by atoms with Crippen molar-refractivity contribution in [2.24, 2.45) is 11.1 Å². The Labute approximate surface area is 118 Å². The highest BCUT2D eigenvalue weighted by atomic mass is 19.1. The predicted octanol–water partition coefficient (Wildman–Crippen LogP) is 3.07. The minimum absolute atomic E-state index is 0.0880. The van der Waals surface area contributed by atoms with Crippen LogP contribution in [-0.2, 0) is 9.68 Å². The fourth-order valence-corrected chi connectivity index (χ4v) is 4.19. The molecule has 4 aliphatic rings. The molecule has 1 atom stereocenters. The summed E-state index contributed by atoms with van der Waals surface area (Å²) in [5, 5.41) is 1.28. The molecule has 0 aromatic heterocycles. The van der Waals surface area contributed by atoms with Crippen LogP contribution in [0.1, 0.15) is 51.4 Å². The average Bonchev–Trinajstić information content (AvgIpc) is 2.33.